The molecule has 146 valence electrons. The Bertz CT molecular complexity index is 981. The number of nitrogens with one attached hydrogen (secondary N) is 2. The first-order valence-electron chi connectivity index (χ1n) is 8.84. The molecular formula is C21H23N3O4. The zero-order chi connectivity index (χ0) is 19.9. The average molecular weight is 381 g/mol. The minimum Gasteiger partial charge on any atom is -0.493 e. The number of para-hydroxylation sites is 1. The maximum atomic E-state index is 11.1. The molecule has 0 saturated carbocycles. The van der Waals surface area contributed by atoms with Crippen molar-refractivity contribution in [3.63, 3.8) is 0 Å². The van der Waals surface area contributed by atoms with Crippen molar-refractivity contribution in [3.8, 4) is 11.5 Å². The summed E-state index contributed by atoms with van der Waals surface area (Å²) in [5.74, 6) is 0.494. The molecule has 1 amide bonds. The van der Waals surface area contributed by atoms with Gasteiger partial charge in [0.15, 0.2) is 11.5 Å². The van der Waals surface area contributed by atoms with E-state index in [1.54, 1.807) is 31.4 Å². The van der Waals surface area contributed by atoms with Crippen molar-refractivity contribution >= 4 is 22.9 Å². The highest BCUT2D eigenvalue weighted by Gasteiger charge is 2.11. The second-order valence-electron chi connectivity index (χ2n) is 6.35. The van der Waals surface area contributed by atoms with Gasteiger partial charge in [-0.25, -0.2) is 5.48 Å². The van der Waals surface area contributed by atoms with E-state index in [0.717, 1.165) is 16.6 Å². The van der Waals surface area contributed by atoms with E-state index in [1.807, 2.05) is 24.4 Å². The van der Waals surface area contributed by atoms with Gasteiger partial charge in [-0.3, -0.25) is 10.0 Å². The lowest BCUT2D eigenvalue weighted by molar-refractivity contribution is -0.124. The van der Waals surface area contributed by atoms with Gasteiger partial charge in [-0.2, -0.15) is 0 Å². The fraction of sp³-hybridized carbons (Fsp3) is 0.190. The maximum absolute atomic E-state index is 11.1. The molecule has 0 aliphatic carbocycles. The Morgan fingerprint density at radius 1 is 1.29 bits per heavy atom. The van der Waals surface area contributed by atoms with Gasteiger partial charge < -0.3 is 20.2 Å². The van der Waals surface area contributed by atoms with Crippen molar-refractivity contribution < 1.29 is 19.5 Å². The normalized spacial score (nSPS) is 12.2. The molecule has 0 bridgehead atoms. The SMILES string of the molecule is COc1cc(/C=C/C(=O)NO)ccc1OC[C@@H](N)Cc1c[nH]c2ccccc12. The fourth-order valence-electron chi connectivity index (χ4n) is 2.95. The molecule has 3 rings (SSSR count). The number of benzene rings is 2. The van der Waals surface area contributed by atoms with Crippen LogP contribution in [0.15, 0.2) is 54.7 Å². The van der Waals surface area contributed by atoms with E-state index in [-0.39, 0.29) is 6.04 Å². The van der Waals surface area contributed by atoms with Gasteiger partial charge in [0.1, 0.15) is 6.61 Å². The second kappa shape index (κ2) is 9.07. The van der Waals surface area contributed by atoms with Gasteiger partial charge >= 0.3 is 0 Å². The van der Waals surface area contributed by atoms with Crippen LogP contribution in [-0.2, 0) is 11.2 Å². The molecule has 0 spiro atoms. The topological polar surface area (TPSA) is 110 Å². The van der Waals surface area contributed by atoms with Gasteiger partial charge in [0.05, 0.1) is 7.11 Å². The molecule has 7 heteroatoms. The van der Waals surface area contributed by atoms with Gasteiger partial charge in [0, 0.05) is 29.2 Å². The van der Waals surface area contributed by atoms with E-state index in [2.05, 4.69) is 11.1 Å². The standard InChI is InChI=1S/C21H23N3O4/c1-27-20-10-14(7-9-21(25)24-26)6-8-19(20)28-13-16(22)11-15-12-23-18-5-3-2-4-17(15)18/h2-10,12,16,23,26H,11,13,22H2,1H3,(H,24,25)/b9-7+/t16-/m0/s1. The molecule has 7 nitrogen and oxygen atoms in total. The van der Waals surface area contributed by atoms with Crippen LogP contribution in [-0.4, -0.2) is 35.9 Å². The van der Waals surface area contributed by atoms with Gasteiger partial charge in [-0.05, 0) is 41.8 Å². The summed E-state index contributed by atoms with van der Waals surface area (Å²) in [5, 5.41) is 9.69. The van der Waals surface area contributed by atoms with E-state index in [4.69, 9.17) is 20.4 Å². The zero-order valence-electron chi connectivity index (χ0n) is 15.5. The van der Waals surface area contributed by atoms with Gasteiger partial charge in [0.2, 0.25) is 0 Å². The molecular weight excluding hydrogens is 358 g/mol. The van der Waals surface area contributed by atoms with Gasteiger partial charge in [-0.15, -0.1) is 0 Å². The first-order valence-corrected chi connectivity index (χ1v) is 8.84. The molecule has 1 aromatic heterocycles. The Kier molecular flexibility index (Phi) is 6.31. The van der Waals surface area contributed by atoms with Crippen LogP contribution < -0.4 is 20.7 Å². The number of ether oxygens (including phenoxy) is 2. The Morgan fingerprint density at radius 2 is 2.11 bits per heavy atom. The minimum atomic E-state index is -0.609. The number of amides is 1. The molecule has 0 fully saturated rings. The van der Waals surface area contributed by atoms with E-state index in [0.29, 0.717) is 24.5 Å². The van der Waals surface area contributed by atoms with Crippen LogP contribution in [0.3, 0.4) is 0 Å². The highest BCUT2D eigenvalue weighted by atomic mass is 16.5. The molecule has 0 aliphatic heterocycles. The van der Waals surface area contributed by atoms with Crippen LogP contribution in [0.4, 0.5) is 0 Å². The van der Waals surface area contributed by atoms with Crippen molar-refractivity contribution in [2.24, 2.45) is 5.73 Å². The number of rotatable bonds is 8. The predicted octanol–water partition coefficient (Wildman–Crippen LogP) is 2.64. The number of carbonyl (C=O) groups is 1. The number of aromatic nitrogens is 1. The fourth-order valence-corrected chi connectivity index (χ4v) is 2.95. The number of aromatic amines is 1. The van der Waals surface area contributed by atoms with E-state index in [1.165, 1.54) is 16.9 Å². The van der Waals surface area contributed by atoms with E-state index < -0.39 is 5.91 Å². The van der Waals surface area contributed by atoms with Crippen LogP contribution >= 0.6 is 0 Å². The summed E-state index contributed by atoms with van der Waals surface area (Å²) < 4.78 is 11.2. The molecule has 0 aliphatic rings. The summed E-state index contributed by atoms with van der Waals surface area (Å²) in [5.41, 5.74) is 10.8. The molecule has 3 aromatic rings. The number of methoxy groups -OCH3 is 1. The first-order chi connectivity index (χ1) is 13.6. The summed E-state index contributed by atoms with van der Waals surface area (Å²) in [6.45, 7) is 0.331. The zero-order valence-corrected chi connectivity index (χ0v) is 15.5. The van der Waals surface area contributed by atoms with E-state index >= 15 is 0 Å². The first kappa shape index (κ1) is 19.5. The highest BCUT2D eigenvalue weighted by Crippen LogP contribution is 2.29. The minimum absolute atomic E-state index is 0.184. The molecule has 1 heterocycles. The average Bonchev–Trinajstić information content (AvgIpc) is 3.13. The summed E-state index contributed by atoms with van der Waals surface area (Å²) in [4.78, 5) is 14.3. The lowest BCUT2D eigenvalue weighted by atomic mass is 10.1. The molecule has 5 N–H and O–H groups in total. The number of hydroxylamine groups is 1. The van der Waals surface area contributed by atoms with Crippen molar-refractivity contribution in [1.82, 2.24) is 10.5 Å². The van der Waals surface area contributed by atoms with Crippen molar-refractivity contribution in [2.45, 2.75) is 12.5 Å². The van der Waals surface area contributed by atoms with Crippen LogP contribution in [0.5, 0.6) is 11.5 Å². The number of hydrogen-bond donors (Lipinski definition) is 4. The van der Waals surface area contributed by atoms with E-state index in [9.17, 15) is 4.79 Å². The third-order valence-electron chi connectivity index (χ3n) is 4.33. The van der Waals surface area contributed by atoms with Crippen LogP contribution in [0.1, 0.15) is 11.1 Å². The number of hydrogen-bond acceptors (Lipinski definition) is 5. The summed E-state index contributed by atoms with van der Waals surface area (Å²) in [6.07, 6.45) is 5.44. The molecule has 28 heavy (non-hydrogen) atoms. The molecule has 0 unspecified atom stereocenters. The third kappa shape index (κ3) is 4.70. The smallest absolute Gasteiger partial charge is 0.267 e. The Balaban J connectivity index is 1.63. The Labute approximate surface area is 162 Å². The van der Waals surface area contributed by atoms with Crippen molar-refractivity contribution in [2.75, 3.05) is 13.7 Å². The second-order valence-corrected chi connectivity index (χ2v) is 6.35. The molecule has 0 saturated heterocycles. The number of H-pyrrole nitrogens is 1. The largest absolute Gasteiger partial charge is 0.493 e. The van der Waals surface area contributed by atoms with Crippen molar-refractivity contribution in [3.05, 3.63) is 65.9 Å². The summed E-state index contributed by atoms with van der Waals surface area (Å²) >= 11 is 0. The molecule has 0 radical (unpaired) electrons. The summed E-state index contributed by atoms with van der Waals surface area (Å²) in [6, 6.07) is 13.2. The number of nitrogens with two attached hydrogens (primary N) is 1. The Hall–Kier alpha value is -3.29. The lowest BCUT2D eigenvalue weighted by Gasteiger charge is -2.15. The van der Waals surface area contributed by atoms with Gasteiger partial charge in [-0.1, -0.05) is 24.3 Å². The number of carbonyl (C=O) groups excluding carboxylic acids is 1. The van der Waals surface area contributed by atoms with Crippen molar-refractivity contribution in [1.29, 1.82) is 0 Å². The van der Waals surface area contributed by atoms with Crippen LogP contribution in [0.25, 0.3) is 17.0 Å². The highest BCUT2D eigenvalue weighted by molar-refractivity contribution is 5.90. The molecule has 1 atom stereocenters. The predicted molar refractivity (Wildman–Crippen MR) is 107 cm³/mol. The quantitative estimate of drug-likeness (QED) is 0.272. The van der Waals surface area contributed by atoms with Crippen LogP contribution in [0, 0.1) is 0 Å². The summed E-state index contributed by atoms with van der Waals surface area (Å²) in [7, 11) is 1.54. The maximum Gasteiger partial charge on any atom is 0.267 e. The van der Waals surface area contributed by atoms with Gasteiger partial charge in [0.25, 0.3) is 5.91 Å². The lowest BCUT2D eigenvalue weighted by Crippen LogP contribution is -2.30. The monoisotopic (exact) mass is 381 g/mol. The van der Waals surface area contributed by atoms with Crippen LogP contribution in [0.2, 0.25) is 0 Å². The Morgan fingerprint density at radius 3 is 2.89 bits per heavy atom. The number of fused-ring (bicyclic) bond motifs is 1. The third-order valence-corrected chi connectivity index (χ3v) is 4.33. The molecule has 2 aromatic carbocycles.